The van der Waals surface area contributed by atoms with Crippen molar-refractivity contribution in [1.82, 2.24) is 4.31 Å². The molecule has 0 aliphatic carbocycles. The van der Waals surface area contributed by atoms with E-state index in [0.29, 0.717) is 37.1 Å². The van der Waals surface area contributed by atoms with Gasteiger partial charge in [0.05, 0.1) is 31.0 Å². The summed E-state index contributed by atoms with van der Waals surface area (Å²) in [6, 6.07) is 11.1. The highest BCUT2D eigenvalue weighted by atomic mass is 32.2. The van der Waals surface area contributed by atoms with E-state index in [-0.39, 0.29) is 12.1 Å². The quantitative estimate of drug-likeness (QED) is 0.626. The van der Waals surface area contributed by atoms with Crippen LogP contribution in [0.1, 0.15) is 32.3 Å². The molecule has 1 N–H and O–H groups in total. The van der Waals surface area contributed by atoms with Gasteiger partial charge in [-0.05, 0) is 55.8 Å². The molecule has 32 heavy (non-hydrogen) atoms. The summed E-state index contributed by atoms with van der Waals surface area (Å²) < 4.78 is 39.8. The monoisotopic (exact) mass is 480 g/mol. The molecule has 2 aliphatic rings. The van der Waals surface area contributed by atoms with E-state index in [2.05, 4.69) is 4.90 Å². The smallest absolute Gasteiger partial charge is 0.252 e. The van der Waals surface area contributed by atoms with Crippen LogP contribution in [0, 0.1) is 0 Å². The molecule has 0 saturated carbocycles. The molecule has 2 saturated heterocycles. The Morgan fingerprint density at radius 1 is 1.19 bits per heavy atom. The van der Waals surface area contributed by atoms with Gasteiger partial charge in [0.25, 0.3) is 10.0 Å². The number of aliphatic hydroxyl groups is 1. The summed E-state index contributed by atoms with van der Waals surface area (Å²) in [6.07, 6.45) is 2.19. The number of anilines is 1. The number of thiophene rings is 1. The van der Waals surface area contributed by atoms with Gasteiger partial charge >= 0.3 is 0 Å². The van der Waals surface area contributed by atoms with Crippen LogP contribution in [-0.2, 0) is 25.1 Å². The lowest BCUT2D eigenvalue weighted by molar-refractivity contribution is 0.00985. The molecule has 0 unspecified atom stereocenters. The van der Waals surface area contributed by atoms with Crippen LogP contribution in [0.2, 0.25) is 0 Å². The Balaban J connectivity index is 1.50. The van der Waals surface area contributed by atoms with Gasteiger partial charge in [-0.3, -0.25) is 0 Å². The average molecular weight is 481 g/mol. The van der Waals surface area contributed by atoms with Gasteiger partial charge in [-0.2, -0.15) is 4.31 Å². The van der Waals surface area contributed by atoms with Crippen LogP contribution in [-0.4, -0.2) is 69.4 Å². The first-order valence-electron chi connectivity index (χ1n) is 11.1. The number of rotatable bonds is 8. The van der Waals surface area contributed by atoms with E-state index in [1.807, 2.05) is 24.3 Å². The highest BCUT2D eigenvalue weighted by Gasteiger charge is 2.35. The van der Waals surface area contributed by atoms with E-state index in [4.69, 9.17) is 9.47 Å². The summed E-state index contributed by atoms with van der Waals surface area (Å²) in [5, 5.41) is 12.0. The summed E-state index contributed by atoms with van der Waals surface area (Å²) in [6.45, 7) is 6.60. The molecule has 0 radical (unpaired) electrons. The first kappa shape index (κ1) is 23.7. The van der Waals surface area contributed by atoms with Crippen molar-refractivity contribution in [2.75, 3.05) is 44.4 Å². The van der Waals surface area contributed by atoms with E-state index >= 15 is 0 Å². The molecule has 0 spiro atoms. The van der Waals surface area contributed by atoms with Gasteiger partial charge in [0, 0.05) is 31.9 Å². The molecule has 176 valence electrons. The zero-order valence-corrected chi connectivity index (χ0v) is 20.3. The second-order valence-corrected chi connectivity index (χ2v) is 12.0. The molecule has 2 aromatic rings. The third kappa shape index (κ3) is 5.35. The van der Waals surface area contributed by atoms with Crippen molar-refractivity contribution in [3.05, 3.63) is 47.3 Å². The molecule has 2 aliphatic heterocycles. The SMILES string of the molecule is CC(C)(O)c1ccc(N2CCN(S(=O)(=O)c3cccs3)C[C@@H]2COC[C@H]2CCCO2)cc1. The van der Waals surface area contributed by atoms with Gasteiger partial charge in [0.15, 0.2) is 0 Å². The maximum atomic E-state index is 13.1. The minimum atomic E-state index is -3.51. The van der Waals surface area contributed by atoms with Crippen molar-refractivity contribution in [2.24, 2.45) is 0 Å². The number of hydrogen-bond acceptors (Lipinski definition) is 7. The van der Waals surface area contributed by atoms with Crippen LogP contribution >= 0.6 is 11.3 Å². The zero-order chi connectivity index (χ0) is 22.8. The Labute approximate surface area is 194 Å². The third-order valence-electron chi connectivity index (χ3n) is 6.08. The van der Waals surface area contributed by atoms with Crippen molar-refractivity contribution in [3.63, 3.8) is 0 Å². The summed E-state index contributed by atoms with van der Waals surface area (Å²) in [4.78, 5) is 2.21. The van der Waals surface area contributed by atoms with Gasteiger partial charge in [-0.15, -0.1) is 11.3 Å². The average Bonchev–Trinajstić information content (AvgIpc) is 3.48. The van der Waals surface area contributed by atoms with Crippen LogP contribution in [0.25, 0.3) is 0 Å². The molecule has 9 heteroatoms. The van der Waals surface area contributed by atoms with Crippen LogP contribution in [0.5, 0.6) is 0 Å². The second kappa shape index (κ2) is 9.79. The first-order valence-corrected chi connectivity index (χ1v) is 13.4. The summed E-state index contributed by atoms with van der Waals surface area (Å²) >= 11 is 1.25. The zero-order valence-electron chi connectivity index (χ0n) is 18.6. The molecular weight excluding hydrogens is 448 g/mol. The van der Waals surface area contributed by atoms with Crippen LogP contribution in [0.3, 0.4) is 0 Å². The van der Waals surface area contributed by atoms with E-state index in [1.165, 1.54) is 11.3 Å². The Morgan fingerprint density at radius 2 is 1.97 bits per heavy atom. The van der Waals surface area contributed by atoms with Crippen molar-refractivity contribution >= 4 is 27.0 Å². The fourth-order valence-electron chi connectivity index (χ4n) is 4.24. The molecule has 1 aromatic heterocycles. The number of benzene rings is 1. The van der Waals surface area contributed by atoms with Crippen molar-refractivity contribution in [2.45, 2.75) is 48.6 Å². The lowest BCUT2D eigenvalue weighted by atomic mass is 9.98. The fraction of sp³-hybridized carbons (Fsp3) is 0.565. The molecule has 1 aromatic carbocycles. The van der Waals surface area contributed by atoms with Crippen molar-refractivity contribution < 1.29 is 23.0 Å². The van der Waals surface area contributed by atoms with Crippen molar-refractivity contribution in [1.29, 1.82) is 0 Å². The van der Waals surface area contributed by atoms with Crippen molar-refractivity contribution in [3.8, 4) is 0 Å². The van der Waals surface area contributed by atoms with Crippen LogP contribution < -0.4 is 4.90 Å². The number of hydrogen-bond donors (Lipinski definition) is 1. The molecule has 3 heterocycles. The minimum Gasteiger partial charge on any atom is -0.386 e. The third-order valence-corrected chi connectivity index (χ3v) is 9.32. The number of piperazine rings is 1. The Bertz CT molecular complexity index is 965. The molecule has 2 atom stereocenters. The maximum absolute atomic E-state index is 13.1. The summed E-state index contributed by atoms with van der Waals surface area (Å²) in [5.41, 5.74) is 0.929. The van der Waals surface area contributed by atoms with E-state index in [1.54, 1.807) is 35.7 Å². The molecule has 2 fully saturated rings. The number of ether oxygens (including phenoxy) is 2. The molecule has 7 nitrogen and oxygen atoms in total. The summed E-state index contributed by atoms with van der Waals surface area (Å²) in [5.74, 6) is 0. The van der Waals surface area contributed by atoms with E-state index in [9.17, 15) is 13.5 Å². The molecule has 0 bridgehead atoms. The Hall–Kier alpha value is -1.49. The standard InChI is InChI=1S/C23H32N2O5S2/c1-23(2,26)18-7-9-19(10-8-18)25-12-11-24(32(27,28)22-6-4-14-31-22)15-20(25)16-29-17-21-5-3-13-30-21/h4,6-10,14,20-21,26H,3,5,11-13,15-17H2,1-2H3/t20-,21-/m1/s1. The van der Waals surface area contributed by atoms with Gasteiger partial charge in [0.1, 0.15) is 4.21 Å². The largest absolute Gasteiger partial charge is 0.386 e. The van der Waals surface area contributed by atoms with Crippen LogP contribution in [0.4, 0.5) is 5.69 Å². The normalized spacial score (nSPS) is 23.0. The minimum absolute atomic E-state index is 0.118. The number of nitrogens with zero attached hydrogens (tertiary/aromatic N) is 2. The fourth-order valence-corrected chi connectivity index (χ4v) is 6.85. The number of sulfonamides is 1. The highest BCUT2D eigenvalue weighted by Crippen LogP contribution is 2.29. The first-order chi connectivity index (χ1) is 15.2. The van der Waals surface area contributed by atoms with Gasteiger partial charge in [0.2, 0.25) is 0 Å². The topological polar surface area (TPSA) is 79.3 Å². The lowest BCUT2D eigenvalue weighted by Gasteiger charge is -2.42. The Morgan fingerprint density at radius 3 is 2.59 bits per heavy atom. The van der Waals surface area contributed by atoms with Gasteiger partial charge in [-0.25, -0.2) is 8.42 Å². The Kier molecular flexibility index (Phi) is 7.24. The van der Waals surface area contributed by atoms with Gasteiger partial charge in [-0.1, -0.05) is 18.2 Å². The second-order valence-electron chi connectivity index (χ2n) is 8.92. The molecule has 4 rings (SSSR count). The summed E-state index contributed by atoms with van der Waals surface area (Å²) in [7, 11) is -3.51. The predicted molar refractivity (Wildman–Crippen MR) is 126 cm³/mol. The van der Waals surface area contributed by atoms with E-state index in [0.717, 1.165) is 30.7 Å². The molecular formula is C23H32N2O5S2. The van der Waals surface area contributed by atoms with Gasteiger partial charge < -0.3 is 19.5 Å². The van der Waals surface area contributed by atoms with Crippen LogP contribution in [0.15, 0.2) is 46.0 Å². The maximum Gasteiger partial charge on any atom is 0.252 e. The lowest BCUT2D eigenvalue weighted by Crippen LogP contribution is -2.56. The van der Waals surface area contributed by atoms with E-state index < -0.39 is 15.6 Å². The predicted octanol–water partition coefficient (Wildman–Crippen LogP) is 3.05. The highest BCUT2D eigenvalue weighted by molar-refractivity contribution is 7.91. The molecule has 0 amide bonds.